The molecule has 0 radical (unpaired) electrons. The summed E-state index contributed by atoms with van der Waals surface area (Å²) in [6.07, 6.45) is 3.04. The van der Waals surface area contributed by atoms with Crippen LogP contribution < -0.4 is 4.90 Å². The summed E-state index contributed by atoms with van der Waals surface area (Å²) in [4.78, 5) is 17.8. The van der Waals surface area contributed by atoms with Gasteiger partial charge < -0.3 is 14.7 Å². The Morgan fingerprint density at radius 1 is 1.61 bits per heavy atom. The predicted octanol–water partition coefficient (Wildman–Crippen LogP) is 1.22. The van der Waals surface area contributed by atoms with Crippen molar-refractivity contribution in [3.8, 4) is 0 Å². The van der Waals surface area contributed by atoms with E-state index < -0.39 is 0 Å². The molecule has 18 heavy (non-hydrogen) atoms. The second-order valence-electron chi connectivity index (χ2n) is 4.37. The summed E-state index contributed by atoms with van der Waals surface area (Å²) in [7, 11) is 0. The zero-order valence-corrected chi connectivity index (χ0v) is 10.5. The Labute approximate surface area is 106 Å². The maximum atomic E-state index is 11.5. The number of anilines is 1. The van der Waals surface area contributed by atoms with E-state index in [1.54, 1.807) is 19.1 Å². The minimum atomic E-state index is -0.352. The number of nitrogens with zero attached hydrogens (tertiary/aromatic N) is 2. The van der Waals surface area contributed by atoms with Gasteiger partial charge in [-0.3, -0.25) is 0 Å². The van der Waals surface area contributed by atoms with E-state index in [0.717, 1.165) is 25.2 Å². The quantitative estimate of drug-likeness (QED) is 0.817. The standard InChI is InChI=1S/C13H18N2O3/c1-2-18-13(17)10-5-6-12(14-8-10)15-7-3-4-11(16)9-15/h5-6,8,11,16H,2-4,7,9H2,1H3/t11-/m0/s1. The van der Waals surface area contributed by atoms with Gasteiger partial charge in [-0.25, -0.2) is 9.78 Å². The normalized spacial score (nSPS) is 19.7. The second kappa shape index (κ2) is 5.82. The van der Waals surface area contributed by atoms with E-state index in [9.17, 15) is 9.90 Å². The first-order valence-electron chi connectivity index (χ1n) is 6.27. The number of aliphatic hydroxyl groups excluding tert-OH is 1. The molecule has 2 heterocycles. The van der Waals surface area contributed by atoms with Crippen LogP contribution in [0.1, 0.15) is 30.1 Å². The molecule has 2 rings (SSSR count). The van der Waals surface area contributed by atoms with Crippen molar-refractivity contribution in [2.75, 3.05) is 24.6 Å². The fourth-order valence-electron chi connectivity index (χ4n) is 2.07. The molecule has 0 spiro atoms. The Bertz CT molecular complexity index is 405. The van der Waals surface area contributed by atoms with E-state index >= 15 is 0 Å². The van der Waals surface area contributed by atoms with Crippen LogP contribution >= 0.6 is 0 Å². The number of ether oxygens (including phenoxy) is 1. The predicted molar refractivity (Wildman–Crippen MR) is 67.6 cm³/mol. The highest BCUT2D eigenvalue weighted by molar-refractivity contribution is 5.89. The third-order valence-corrected chi connectivity index (χ3v) is 2.98. The van der Waals surface area contributed by atoms with Gasteiger partial charge in [0.2, 0.25) is 0 Å². The highest BCUT2D eigenvalue weighted by atomic mass is 16.5. The molecule has 0 saturated carbocycles. The topological polar surface area (TPSA) is 62.7 Å². The number of aliphatic hydroxyl groups is 1. The zero-order valence-electron chi connectivity index (χ0n) is 10.5. The summed E-state index contributed by atoms with van der Waals surface area (Å²) in [5.41, 5.74) is 0.457. The minimum absolute atomic E-state index is 0.287. The maximum Gasteiger partial charge on any atom is 0.339 e. The Morgan fingerprint density at radius 3 is 3.06 bits per heavy atom. The van der Waals surface area contributed by atoms with Crippen LogP contribution in [-0.4, -0.2) is 41.9 Å². The average molecular weight is 250 g/mol. The first-order chi connectivity index (χ1) is 8.70. The van der Waals surface area contributed by atoms with Crippen molar-refractivity contribution in [1.29, 1.82) is 0 Å². The zero-order chi connectivity index (χ0) is 13.0. The number of piperidine rings is 1. The molecule has 1 saturated heterocycles. The first kappa shape index (κ1) is 12.8. The van der Waals surface area contributed by atoms with Crippen LogP contribution in [0.15, 0.2) is 18.3 Å². The van der Waals surface area contributed by atoms with E-state index in [4.69, 9.17) is 4.74 Å². The molecule has 1 aromatic rings. The summed E-state index contributed by atoms with van der Waals surface area (Å²) in [6.45, 7) is 3.63. The molecule has 0 unspecified atom stereocenters. The lowest BCUT2D eigenvalue weighted by Crippen LogP contribution is -2.38. The van der Waals surface area contributed by atoms with Gasteiger partial charge in [0.15, 0.2) is 0 Å². The van der Waals surface area contributed by atoms with Crippen molar-refractivity contribution in [2.45, 2.75) is 25.9 Å². The molecule has 0 aliphatic carbocycles. The van der Waals surface area contributed by atoms with Crippen molar-refractivity contribution in [2.24, 2.45) is 0 Å². The fourth-order valence-corrected chi connectivity index (χ4v) is 2.07. The third kappa shape index (κ3) is 2.98. The van der Waals surface area contributed by atoms with Crippen LogP contribution in [0.4, 0.5) is 5.82 Å². The summed E-state index contributed by atoms with van der Waals surface area (Å²) in [5, 5.41) is 9.61. The van der Waals surface area contributed by atoms with Crippen molar-refractivity contribution < 1.29 is 14.6 Å². The number of pyridine rings is 1. The lowest BCUT2D eigenvalue weighted by Gasteiger charge is -2.30. The third-order valence-electron chi connectivity index (χ3n) is 2.98. The SMILES string of the molecule is CCOC(=O)c1ccc(N2CCC[C@H](O)C2)nc1. The number of β-amino-alcohol motifs (C(OH)–C–C–N with tert-alkyl or cyclic N) is 1. The number of carbonyl (C=O) groups excluding carboxylic acids is 1. The first-order valence-corrected chi connectivity index (χ1v) is 6.27. The van der Waals surface area contributed by atoms with Gasteiger partial charge in [0.25, 0.3) is 0 Å². The smallest absolute Gasteiger partial charge is 0.339 e. The molecule has 98 valence electrons. The maximum absolute atomic E-state index is 11.5. The number of rotatable bonds is 3. The van der Waals surface area contributed by atoms with Gasteiger partial charge >= 0.3 is 5.97 Å². The molecule has 5 nitrogen and oxygen atoms in total. The number of carbonyl (C=O) groups is 1. The summed E-state index contributed by atoms with van der Waals surface area (Å²) in [6, 6.07) is 3.51. The van der Waals surface area contributed by atoms with Crippen molar-refractivity contribution >= 4 is 11.8 Å². The van der Waals surface area contributed by atoms with Gasteiger partial charge in [0, 0.05) is 19.3 Å². The van der Waals surface area contributed by atoms with Crippen molar-refractivity contribution in [3.05, 3.63) is 23.9 Å². The molecule has 1 fully saturated rings. The Kier molecular flexibility index (Phi) is 4.15. The van der Waals surface area contributed by atoms with Gasteiger partial charge in [0.1, 0.15) is 5.82 Å². The van der Waals surface area contributed by atoms with Crippen molar-refractivity contribution in [3.63, 3.8) is 0 Å². The molecule has 1 aliphatic rings. The Hall–Kier alpha value is -1.62. The lowest BCUT2D eigenvalue weighted by molar-refractivity contribution is 0.0526. The molecule has 0 amide bonds. The van der Waals surface area contributed by atoms with Gasteiger partial charge in [-0.1, -0.05) is 0 Å². The van der Waals surface area contributed by atoms with E-state index in [-0.39, 0.29) is 12.1 Å². The lowest BCUT2D eigenvalue weighted by atomic mass is 10.1. The summed E-state index contributed by atoms with van der Waals surface area (Å²) in [5.74, 6) is 0.442. The Morgan fingerprint density at radius 2 is 2.44 bits per heavy atom. The molecule has 1 aromatic heterocycles. The van der Waals surface area contributed by atoms with Crippen LogP contribution in [0.3, 0.4) is 0 Å². The number of esters is 1. The molecular formula is C13H18N2O3. The van der Waals surface area contributed by atoms with Gasteiger partial charge in [-0.05, 0) is 31.9 Å². The van der Waals surface area contributed by atoms with Gasteiger partial charge in [-0.15, -0.1) is 0 Å². The van der Waals surface area contributed by atoms with E-state index in [2.05, 4.69) is 4.98 Å². The number of hydrogen-bond donors (Lipinski definition) is 1. The highest BCUT2D eigenvalue weighted by Gasteiger charge is 2.19. The van der Waals surface area contributed by atoms with E-state index in [1.807, 2.05) is 4.90 Å². The molecule has 1 aliphatic heterocycles. The second-order valence-corrected chi connectivity index (χ2v) is 4.37. The molecule has 1 N–H and O–H groups in total. The van der Waals surface area contributed by atoms with Crippen LogP contribution in [0.5, 0.6) is 0 Å². The van der Waals surface area contributed by atoms with Crippen LogP contribution in [0, 0.1) is 0 Å². The molecular weight excluding hydrogens is 232 g/mol. The highest BCUT2D eigenvalue weighted by Crippen LogP contribution is 2.18. The van der Waals surface area contributed by atoms with Gasteiger partial charge in [-0.2, -0.15) is 0 Å². The van der Waals surface area contributed by atoms with Crippen molar-refractivity contribution in [1.82, 2.24) is 4.98 Å². The molecule has 1 atom stereocenters. The minimum Gasteiger partial charge on any atom is -0.462 e. The van der Waals surface area contributed by atoms with E-state index in [1.165, 1.54) is 6.20 Å². The average Bonchev–Trinajstić information content (AvgIpc) is 2.39. The summed E-state index contributed by atoms with van der Waals surface area (Å²) < 4.78 is 4.90. The van der Waals surface area contributed by atoms with Crippen LogP contribution in [-0.2, 0) is 4.74 Å². The Balaban J connectivity index is 2.05. The van der Waals surface area contributed by atoms with Crippen LogP contribution in [0.2, 0.25) is 0 Å². The number of hydrogen-bond acceptors (Lipinski definition) is 5. The monoisotopic (exact) mass is 250 g/mol. The van der Waals surface area contributed by atoms with Gasteiger partial charge in [0.05, 0.1) is 18.3 Å². The molecule has 0 aromatic carbocycles. The molecule has 0 bridgehead atoms. The molecule has 5 heteroatoms. The fraction of sp³-hybridized carbons (Fsp3) is 0.538. The summed E-state index contributed by atoms with van der Waals surface area (Å²) >= 11 is 0. The number of aromatic nitrogens is 1. The van der Waals surface area contributed by atoms with Crippen LogP contribution in [0.25, 0.3) is 0 Å². The van der Waals surface area contributed by atoms with E-state index in [0.29, 0.717) is 18.7 Å². The largest absolute Gasteiger partial charge is 0.462 e.